The molecule has 5 nitrogen and oxygen atoms in total. The molecule has 1 aliphatic heterocycles. The first-order valence-corrected chi connectivity index (χ1v) is 10.0. The minimum atomic E-state index is -3.55. The predicted octanol–water partition coefficient (Wildman–Crippen LogP) is 3.51. The van der Waals surface area contributed by atoms with E-state index in [1.165, 1.54) is 28.6 Å². The lowest BCUT2D eigenvalue weighted by Gasteiger charge is -2.26. The van der Waals surface area contributed by atoms with Gasteiger partial charge in [0.25, 0.3) is 0 Å². The van der Waals surface area contributed by atoms with Crippen LogP contribution >= 0.6 is 0 Å². The average molecular weight is 379 g/mol. The Hall–Kier alpha value is -2.12. The summed E-state index contributed by atoms with van der Waals surface area (Å²) in [6.07, 6.45) is 1.49. The van der Waals surface area contributed by atoms with Gasteiger partial charge in [0.2, 0.25) is 10.0 Å². The molecule has 0 N–H and O–H groups in total. The van der Waals surface area contributed by atoms with Crippen LogP contribution in [0.3, 0.4) is 0 Å². The van der Waals surface area contributed by atoms with Crippen molar-refractivity contribution in [3.8, 4) is 11.5 Å². The van der Waals surface area contributed by atoms with E-state index in [1.807, 2.05) is 6.07 Å². The number of nitrogens with zero attached hydrogens (tertiary/aromatic N) is 1. The number of hydrogen-bond acceptors (Lipinski definition) is 4. The van der Waals surface area contributed by atoms with Crippen molar-refractivity contribution in [3.63, 3.8) is 0 Å². The summed E-state index contributed by atoms with van der Waals surface area (Å²) >= 11 is 0. The fourth-order valence-corrected chi connectivity index (χ4v) is 5.15. The van der Waals surface area contributed by atoms with Crippen LogP contribution in [0.5, 0.6) is 11.5 Å². The van der Waals surface area contributed by atoms with E-state index >= 15 is 0 Å². The van der Waals surface area contributed by atoms with Crippen LogP contribution < -0.4 is 9.47 Å². The van der Waals surface area contributed by atoms with Gasteiger partial charge < -0.3 is 9.47 Å². The highest BCUT2D eigenvalue weighted by atomic mass is 32.2. The first kappa shape index (κ1) is 18.7. The molecule has 0 radical (unpaired) electrons. The summed E-state index contributed by atoms with van der Waals surface area (Å²) < 4.78 is 51.3. The van der Waals surface area contributed by atoms with Crippen molar-refractivity contribution < 1.29 is 22.3 Å². The Labute approximate surface area is 153 Å². The molecular weight excluding hydrogens is 357 g/mol. The molecule has 2 aromatic rings. The zero-order valence-electron chi connectivity index (χ0n) is 14.8. The average Bonchev–Trinajstić information content (AvgIpc) is 3.13. The molecule has 1 saturated heterocycles. The summed E-state index contributed by atoms with van der Waals surface area (Å²) in [5, 5.41) is 0. The van der Waals surface area contributed by atoms with Crippen molar-refractivity contribution in [1.29, 1.82) is 0 Å². The topological polar surface area (TPSA) is 55.8 Å². The van der Waals surface area contributed by atoms with Gasteiger partial charge in [0.15, 0.2) is 0 Å². The smallest absolute Gasteiger partial charge is 0.218 e. The van der Waals surface area contributed by atoms with Gasteiger partial charge in [0.05, 0.1) is 26.0 Å². The maximum atomic E-state index is 13.1. The third-order valence-electron chi connectivity index (χ3n) is 4.62. The van der Waals surface area contributed by atoms with Crippen molar-refractivity contribution in [2.24, 2.45) is 0 Å². The molecule has 26 heavy (non-hydrogen) atoms. The second-order valence-corrected chi connectivity index (χ2v) is 8.18. The van der Waals surface area contributed by atoms with Crippen LogP contribution in [-0.2, 0) is 15.8 Å². The summed E-state index contributed by atoms with van der Waals surface area (Å²) in [7, 11) is -0.413. The van der Waals surface area contributed by atoms with Gasteiger partial charge in [-0.15, -0.1) is 0 Å². The van der Waals surface area contributed by atoms with Gasteiger partial charge in [-0.3, -0.25) is 0 Å². The highest BCUT2D eigenvalue weighted by molar-refractivity contribution is 7.88. The Balaban J connectivity index is 1.91. The quantitative estimate of drug-likeness (QED) is 0.771. The second-order valence-electron chi connectivity index (χ2n) is 6.26. The van der Waals surface area contributed by atoms with Crippen molar-refractivity contribution in [1.82, 2.24) is 4.31 Å². The molecule has 2 aromatic carbocycles. The fourth-order valence-electron chi connectivity index (χ4n) is 3.36. The molecule has 0 spiro atoms. The third-order valence-corrected chi connectivity index (χ3v) is 6.47. The Kier molecular flexibility index (Phi) is 5.48. The molecule has 1 heterocycles. The van der Waals surface area contributed by atoms with E-state index < -0.39 is 10.0 Å². The van der Waals surface area contributed by atoms with E-state index in [2.05, 4.69) is 0 Å². The van der Waals surface area contributed by atoms with Crippen molar-refractivity contribution in [3.05, 3.63) is 59.4 Å². The zero-order chi connectivity index (χ0) is 18.7. The van der Waals surface area contributed by atoms with Gasteiger partial charge in [-0.2, -0.15) is 4.31 Å². The number of hydrogen-bond donors (Lipinski definition) is 0. The lowest BCUT2D eigenvalue weighted by atomic mass is 10.0. The van der Waals surface area contributed by atoms with Gasteiger partial charge >= 0.3 is 0 Å². The Morgan fingerprint density at radius 1 is 1.12 bits per heavy atom. The molecule has 0 bridgehead atoms. The number of sulfonamides is 1. The molecule has 0 aromatic heterocycles. The molecule has 0 saturated carbocycles. The second kappa shape index (κ2) is 7.63. The van der Waals surface area contributed by atoms with Gasteiger partial charge in [-0.25, -0.2) is 12.8 Å². The van der Waals surface area contributed by atoms with E-state index in [4.69, 9.17) is 9.47 Å². The first-order chi connectivity index (χ1) is 12.4. The normalized spacial score (nSPS) is 18.0. The van der Waals surface area contributed by atoms with Crippen LogP contribution in [0.4, 0.5) is 4.39 Å². The van der Waals surface area contributed by atoms with E-state index in [9.17, 15) is 12.8 Å². The molecule has 0 amide bonds. The fraction of sp³-hybridized carbons (Fsp3) is 0.368. The van der Waals surface area contributed by atoms with E-state index in [0.29, 0.717) is 30.0 Å². The number of ether oxygens (including phenoxy) is 2. The van der Waals surface area contributed by atoms with Crippen molar-refractivity contribution in [2.75, 3.05) is 20.8 Å². The zero-order valence-corrected chi connectivity index (χ0v) is 15.6. The largest absolute Gasteiger partial charge is 0.497 e. The molecule has 3 rings (SSSR count). The SMILES string of the molecule is COc1ccc(OC)c(C2CCCN2S(=O)(=O)Cc2ccc(F)cc2)c1. The monoisotopic (exact) mass is 379 g/mol. The van der Waals surface area contributed by atoms with Crippen molar-refractivity contribution >= 4 is 10.0 Å². The molecule has 1 fully saturated rings. The van der Waals surface area contributed by atoms with Crippen molar-refractivity contribution in [2.45, 2.75) is 24.6 Å². The molecular formula is C19H22FNO4S. The summed E-state index contributed by atoms with van der Waals surface area (Å²) in [5.41, 5.74) is 1.36. The molecule has 7 heteroatoms. The van der Waals surface area contributed by atoms with Gasteiger partial charge in [0, 0.05) is 12.1 Å². The number of methoxy groups -OCH3 is 2. The summed E-state index contributed by atoms with van der Waals surface area (Å²) in [6.45, 7) is 0.453. The number of halogens is 1. The van der Waals surface area contributed by atoms with Crippen LogP contribution in [0, 0.1) is 5.82 Å². The molecule has 1 unspecified atom stereocenters. The highest BCUT2D eigenvalue weighted by Gasteiger charge is 2.36. The molecule has 0 aliphatic carbocycles. The minimum Gasteiger partial charge on any atom is -0.497 e. The van der Waals surface area contributed by atoms with Gasteiger partial charge in [-0.05, 0) is 48.7 Å². The van der Waals surface area contributed by atoms with Crippen LogP contribution in [0.2, 0.25) is 0 Å². The third kappa shape index (κ3) is 3.83. The molecule has 140 valence electrons. The standard InChI is InChI=1S/C19H22FNO4S/c1-24-16-9-10-19(25-2)17(12-16)18-4-3-11-21(18)26(22,23)13-14-5-7-15(20)8-6-14/h5-10,12,18H,3-4,11,13H2,1-2H3. The Bertz CT molecular complexity index is 868. The lowest BCUT2D eigenvalue weighted by molar-refractivity contribution is 0.361. The maximum absolute atomic E-state index is 13.1. The first-order valence-electron chi connectivity index (χ1n) is 8.40. The highest BCUT2D eigenvalue weighted by Crippen LogP contribution is 2.40. The molecule has 1 aliphatic rings. The number of benzene rings is 2. The van der Waals surface area contributed by atoms with Crippen LogP contribution in [-0.4, -0.2) is 33.5 Å². The lowest BCUT2D eigenvalue weighted by Crippen LogP contribution is -2.32. The predicted molar refractivity (Wildman–Crippen MR) is 97.3 cm³/mol. The van der Waals surface area contributed by atoms with Crippen LogP contribution in [0.1, 0.15) is 30.0 Å². The molecule has 1 atom stereocenters. The van der Waals surface area contributed by atoms with E-state index in [-0.39, 0.29) is 17.6 Å². The maximum Gasteiger partial charge on any atom is 0.218 e. The van der Waals surface area contributed by atoms with Gasteiger partial charge in [-0.1, -0.05) is 12.1 Å². The Morgan fingerprint density at radius 2 is 1.85 bits per heavy atom. The summed E-state index contributed by atoms with van der Waals surface area (Å²) in [4.78, 5) is 0. The van der Waals surface area contributed by atoms with Crippen LogP contribution in [0.25, 0.3) is 0 Å². The van der Waals surface area contributed by atoms with E-state index in [0.717, 1.165) is 12.0 Å². The summed E-state index contributed by atoms with van der Waals surface area (Å²) in [6, 6.07) is 10.7. The van der Waals surface area contributed by atoms with E-state index in [1.54, 1.807) is 26.4 Å². The van der Waals surface area contributed by atoms with Gasteiger partial charge in [0.1, 0.15) is 17.3 Å². The Morgan fingerprint density at radius 3 is 2.50 bits per heavy atom. The van der Waals surface area contributed by atoms with Crippen LogP contribution in [0.15, 0.2) is 42.5 Å². The minimum absolute atomic E-state index is 0.157. The summed E-state index contributed by atoms with van der Waals surface area (Å²) in [5.74, 6) is 0.755. The number of rotatable bonds is 6.